The Labute approximate surface area is 109 Å². The van der Waals surface area contributed by atoms with Crippen LogP contribution in [0.2, 0.25) is 0 Å². The fraction of sp³-hybridized carbons (Fsp3) is 0.571. The van der Waals surface area contributed by atoms with E-state index in [0.29, 0.717) is 0 Å². The fourth-order valence-corrected chi connectivity index (χ4v) is 2.25. The number of nitrogens with two attached hydrogens (primary N) is 1. The second-order valence-corrected chi connectivity index (χ2v) is 4.70. The van der Waals surface area contributed by atoms with E-state index in [9.17, 15) is 0 Å². The molecule has 18 heavy (non-hydrogen) atoms. The van der Waals surface area contributed by atoms with Crippen LogP contribution in [0.5, 0.6) is 5.75 Å². The lowest BCUT2D eigenvalue weighted by Crippen LogP contribution is -2.31. The lowest BCUT2D eigenvalue weighted by molar-refractivity contribution is 0.1000. The number of benzene rings is 1. The summed E-state index contributed by atoms with van der Waals surface area (Å²) in [5, 5.41) is 0. The number of hydrogen-bond acceptors (Lipinski definition) is 4. The third-order valence-electron chi connectivity index (χ3n) is 3.23. The minimum Gasteiger partial charge on any atom is -0.496 e. The van der Waals surface area contributed by atoms with Crippen molar-refractivity contribution < 1.29 is 9.47 Å². The van der Waals surface area contributed by atoms with Crippen molar-refractivity contribution in [1.29, 1.82) is 0 Å². The van der Waals surface area contributed by atoms with Gasteiger partial charge in [0.15, 0.2) is 0 Å². The van der Waals surface area contributed by atoms with E-state index in [1.807, 2.05) is 13.0 Å². The van der Waals surface area contributed by atoms with Gasteiger partial charge < -0.3 is 9.47 Å². The topological polar surface area (TPSA) is 56.5 Å². The SMILES string of the molecule is COc1cc(C)cc(C)c1C(CC(C)OC)NN. The fourth-order valence-electron chi connectivity index (χ4n) is 2.25. The summed E-state index contributed by atoms with van der Waals surface area (Å²) >= 11 is 0. The van der Waals surface area contributed by atoms with E-state index in [0.717, 1.165) is 17.7 Å². The highest BCUT2D eigenvalue weighted by molar-refractivity contribution is 5.45. The Morgan fingerprint density at radius 2 is 1.94 bits per heavy atom. The van der Waals surface area contributed by atoms with Gasteiger partial charge in [-0.25, -0.2) is 0 Å². The van der Waals surface area contributed by atoms with Crippen LogP contribution in [0.3, 0.4) is 0 Å². The molecule has 1 aromatic carbocycles. The van der Waals surface area contributed by atoms with Gasteiger partial charge in [0, 0.05) is 12.7 Å². The van der Waals surface area contributed by atoms with Crippen molar-refractivity contribution in [2.45, 2.75) is 39.3 Å². The smallest absolute Gasteiger partial charge is 0.124 e. The Morgan fingerprint density at radius 1 is 1.28 bits per heavy atom. The normalized spacial score (nSPS) is 14.3. The first kappa shape index (κ1) is 15.0. The molecule has 0 fully saturated rings. The minimum atomic E-state index is 0.0236. The van der Waals surface area contributed by atoms with Gasteiger partial charge >= 0.3 is 0 Å². The van der Waals surface area contributed by atoms with Crippen molar-refractivity contribution in [1.82, 2.24) is 5.43 Å². The molecule has 0 radical (unpaired) electrons. The maximum atomic E-state index is 5.68. The number of hydrazine groups is 1. The highest BCUT2D eigenvalue weighted by atomic mass is 16.5. The van der Waals surface area contributed by atoms with Crippen molar-refractivity contribution >= 4 is 0 Å². The largest absolute Gasteiger partial charge is 0.496 e. The summed E-state index contributed by atoms with van der Waals surface area (Å²) in [5.74, 6) is 6.55. The summed E-state index contributed by atoms with van der Waals surface area (Å²) < 4.78 is 10.8. The Hall–Kier alpha value is -1.10. The molecule has 0 aromatic heterocycles. The molecular formula is C14H24N2O2. The number of hydrogen-bond donors (Lipinski definition) is 2. The molecule has 0 aliphatic carbocycles. The third kappa shape index (κ3) is 3.45. The first-order chi connectivity index (χ1) is 8.53. The van der Waals surface area contributed by atoms with Crippen LogP contribution in [-0.4, -0.2) is 20.3 Å². The Morgan fingerprint density at radius 3 is 2.44 bits per heavy atom. The van der Waals surface area contributed by atoms with E-state index in [2.05, 4.69) is 25.3 Å². The van der Waals surface area contributed by atoms with Crippen LogP contribution in [0.15, 0.2) is 12.1 Å². The second kappa shape index (κ2) is 6.73. The van der Waals surface area contributed by atoms with Gasteiger partial charge in [-0.3, -0.25) is 11.3 Å². The van der Waals surface area contributed by atoms with E-state index >= 15 is 0 Å². The maximum Gasteiger partial charge on any atom is 0.124 e. The molecule has 4 nitrogen and oxygen atoms in total. The van der Waals surface area contributed by atoms with Crippen LogP contribution in [-0.2, 0) is 4.74 Å². The molecule has 0 spiro atoms. The van der Waals surface area contributed by atoms with Gasteiger partial charge in [-0.15, -0.1) is 0 Å². The molecule has 2 atom stereocenters. The first-order valence-corrected chi connectivity index (χ1v) is 6.17. The van der Waals surface area contributed by atoms with Crippen LogP contribution in [0.4, 0.5) is 0 Å². The summed E-state index contributed by atoms with van der Waals surface area (Å²) in [5.41, 5.74) is 6.33. The number of nitrogens with one attached hydrogen (secondary N) is 1. The predicted molar refractivity (Wildman–Crippen MR) is 73.6 cm³/mol. The monoisotopic (exact) mass is 252 g/mol. The Kier molecular flexibility index (Phi) is 5.59. The number of methoxy groups -OCH3 is 2. The molecule has 0 amide bonds. The van der Waals surface area contributed by atoms with Gasteiger partial charge in [0.1, 0.15) is 5.75 Å². The van der Waals surface area contributed by atoms with E-state index < -0.39 is 0 Å². The molecule has 0 saturated heterocycles. The summed E-state index contributed by atoms with van der Waals surface area (Å²) in [6.07, 6.45) is 0.934. The Balaban J connectivity index is 3.11. The van der Waals surface area contributed by atoms with Crippen molar-refractivity contribution in [3.05, 3.63) is 28.8 Å². The zero-order chi connectivity index (χ0) is 13.7. The van der Waals surface area contributed by atoms with Gasteiger partial charge in [-0.05, 0) is 44.4 Å². The van der Waals surface area contributed by atoms with Crippen LogP contribution >= 0.6 is 0 Å². The van der Waals surface area contributed by atoms with E-state index in [1.54, 1.807) is 14.2 Å². The Bertz CT molecular complexity index is 394. The molecule has 0 bridgehead atoms. The average molecular weight is 252 g/mol. The summed E-state index contributed by atoms with van der Waals surface area (Å²) in [6.45, 7) is 6.16. The third-order valence-corrected chi connectivity index (χ3v) is 3.23. The first-order valence-electron chi connectivity index (χ1n) is 6.17. The molecule has 0 aliphatic heterocycles. The molecular weight excluding hydrogens is 228 g/mol. The summed E-state index contributed by atoms with van der Waals surface area (Å²) in [4.78, 5) is 0. The van der Waals surface area contributed by atoms with E-state index in [1.165, 1.54) is 11.1 Å². The molecule has 102 valence electrons. The standard InChI is InChI=1S/C14H24N2O2/c1-9-6-10(2)14(13(7-9)18-5)12(16-15)8-11(3)17-4/h6-7,11-12,16H,8,15H2,1-5H3. The van der Waals surface area contributed by atoms with E-state index in [4.69, 9.17) is 15.3 Å². The van der Waals surface area contributed by atoms with Crippen LogP contribution in [0.25, 0.3) is 0 Å². The highest BCUT2D eigenvalue weighted by Crippen LogP contribution is 2.32. The maximum absolute atomic E-state index is 5.68. The van der Waals surface area contributed by atoms with Gasteiger partial charge in [0.2, 0.25) is 0 Å². The number of aryl methyl sites for hydroxylation is 2. The second-order valence-electron chi connectivity index (χ2n) is 4.70. The molecule has 0 saturated carbocycles. The van der Waals surface area contributed by atoms with Gasteiger partial charge in [-0.2, -0.15) is 0 Å². The van der Waals surface area contributed by atoms with Crippen molar-refractivity contribution in [2.75, 3.05) is 14.2 Å². The van der Waals surface area contributed by atoms with Crippen LogP contribution in [0, 0.1) is 13.8 Å². The molecule has 1 aromatic rings. The predicted octanol–water partition coefficient (Wildman–Crippen LogP) is 2.24. The van der Waals surface area contributed by atoms with Crippen molar-refractivity contribution in [3.63, 3.8) is 0 Å². The quantitative estimate of drug-likeness (QED) is 0.602. The van der Waals surface area contributed by atoms with Gasteiger partial charge in [-0.1, -0.05) is 6.07 Å². The lowest BCUT2D eigenvalue weighted by Gasteiger charge is -2.24. The number of ether oxygens (including phenoxy) is 2. The van der Waals surface area contributed by atoms with Crippen LogP contribution < -0.4 is 16.0 Å². The average Bonchev–Trinajstić information content (AvgIpc) is 2.35. The summed E-state index contributed by atoms with van der Waals surface area (Å²) in [6, 6.07) is 4.19. The van der Waals surface area contributed by atoms with Gasteiger partial charge in [0.05, 0.1) is 19.3 Å². The van der Waals surface area contributed by atoms with Crippen molar-refractivity contribution in [3.8, 4) is 5.75 Å². The summed E-state index contributed by atoms with van der Waals surface area (Å²) in [7, 11) is 3.39. The highest BCUT2D eigenvalue weighted by Gasteiger charge is 2.20. The zero-order valence-corrected chi connectivity index (χ0v) is 11.9. The zero-order valence-electron chi connectivity index (χ0n) is 11.9. The molecule has 4 heteroatoms. The molecule has 2 unspecified atom stereocenters. The van der Waals surface area contributed by atoms with Crippen LogP contribution in [0.1, 0.15) is 36.1 Å². The molecule has 0 heterocycles. The van der Waals surface area contributed by atoms with E-state index in [-0.39, 0.29) is 12.1 Å². The minimum absolute atomic E-state index is 0.0236. The molecule has 3 N–H and O–H groups in total. The van der Waals surface area contributed by atoms with Crippen molar-refractivity contribution in [2.24, 2.45) is 5.84 Å². The molecule has 0 aliphatic rings. The molecule has 1 rings (SSSR count). The van der Waals surface area contributed by atoms with Gasteiger partial charge in [0.25, 0.3) is 0 Å². The number of rotatable bonds is 6. The lowest BCUT2D eigenvalue weighted by atomic mass is 9.94.